The molecule has 2 aromatic rings. The molecule has 6 heteroatoms. The van der Waals surface area contributed by atoms with Crippen LogP contribution >= 0.6 is 0 Å². The summed E-state index contributed by atoms with van der Waals surface area (Å²) in [6.07, 6.45) is 10.4. The largest absolute Gasteiger partial charge is 0.383 e. The molecule has 27 heavy (non-hydrogen) atoms. The predicted molar refractivity (Wildman–Crippen MR) is 111 cm³/mol. The average Bonchev–Trinajstić information content (AvgIpc) is 2.78. The highest BCUT2D eigenvalue weighted by atomic mass is 16.5. The third-order valence-electron chi connectivity index (χ3n) is 4.14. The molecule has 2 aliphatic rings. The molecule has 0 unspecified atom stereocenters. The van der Waals surface area contributed by atoms with Crippen molar-refractivity contribution < 1.29 is 4.74 Å². The monoisotopic (exact) mass is 371 g/mol. The molecule has 3 N–H and O–H groups in total. The first-order valence-corrected chi connectivity index (χ1v) is 10.00. The summed E-state index contributed by atoms with van der Waals surface area (Å²) in [5.74, 6) is 0.405. The van der Waals surface area contributed by atoms with E-state index >= 15 is 0 Å². The molecule has 1 aliphatic heterocycles. The lowest BCUT2D eigenvalue weighted by Gasteiger charge is -2.10. The summed E-state index contributed by atoms with van der Waals surface area (Å²) in [5, 5.41) is 12.5. The quantitative estimate of drug-likeness (QED) is 0.725. The van der Waals surface area contributed by atoms with Crippen molar-refractivity contribution in [3.05, 3.63) is 30.1 Å². The van der Waals surface area contributed by atoms with Crippen molar-refractivity contribution in [2.24, 2.45) is 0 Å². The van der Waals surface area contributed by atoms with Gasteiger partial charge in [-0.15, -0.1) is 0 Å². The number of nitrogens with one attached hydrogen (secondary N) is 1. The Morgan fingerprint density at radius 2 is 1.59 bits per heavy atom. The molecular weight excluding hydrogens is 338 g/mol. The van der Waals surface area contributed by atoms with Gasteiger partial charge in [-0.2, -0.15) is 5.26 Å². The number of aromatic nitrogens is 2. The molecule has 4 rings (SSSR count). The van der Waals surface area contributed by atoms with Crippen LogP contribution in [0, 0.1) is 11.3 Å². The van der Waals surface area contributed by atoms with E-state index in [0.717, 1.165) is 37.2 Å². The van der Waals surface area contributed by atoms with Crippen molar-refractivity contribution >= 4 is 16.7 Å². The van der Waals surface area contributed by atoms with Crippen molar-refractivity contribution in [1.29, 1.82) is 5.26 Å². The maximum atomic E-state index is 8.66. The lowest BCUT2D eigenvalue weighted by atomic mass is 10.0. The first kappa shape index (κ1) is 22.8. The van der Waals surface area contributed by atoms with Gasteiger partial charge in [0.25, 0.3) is 0 Å². The van der Waals surface area contributed by atoms with Gasteiger partial charge in [-0.1, -0.05) is 52.4 Å². The molecule has 0 spiro atoms. The first-order valence-electron chi connectivity index (χ1n) is 10.00. The number of nitrogen functional groups attached to an aromatic ring is 1. The van der Waals surface area contributed by atoms with E-state index in [2.05, 4.69) is 15.3 Å². The minimum Gasteiger partial charge on any atom is -0.383 e. The lowest BCUT2D eigenvalue weighted by Crippen LogP contribution is -2.30. The number of morpholine rings is 1. The van der Waals surface area contributed by atoms with E-state index in [9.17, 15) is 0 Å². The van der Waals surface area contributed by atoms with E-state index in [4.69, 9.17) is 15.7 Å². The van der Waals surface area contributed by atoms with E-state index in [1.807, 2.05) is 19.9 Å². The van der Waals surface area contributed by atoms with Crippen LogP contribution in [0.5, 0.6) is 0 Å². The molecule has 0 atom stereocenters. The number of nitrogens with zero attached hydrogens (tertiary/aromatic N) is 3. The van der Waals surface area contributed by atoms with Gasteiger partial charge in [0.05, 0.1) is 30.4 Å². The molecule has 1 aromatic heterocycles. The smallest absolute Gasteiger partial charge is 0.134 e. The van der Waals surface area contributed by atoms with Gasteiger partial charge in [-0.3, -0.25) is 0 Å². The molecule has 1 aromatic carbocycles. The Labute approximate surface area is 163 Å². The van der Waals surface area contributed by atoms with Gasteiger partial charge in [-0.05, 0) is 18.2 Å². The molecule has 0 bridgehead atoms. The van der Waals surface area contributed by atoms with E-state index in [-0.39, 0.29) is 0 Å². The zero-order chi connectivity index (χ0) is 19.7. The van der Waals surface area contributed by atoms with Gasteiger partial charge in [0.1, 0.15) is 12.1 Å². The normalized spacial score (nSPS) is 15.6. The highest BCUT2D eigenvalue weighted by Gasteiger charge is 2.00. The highest BCUT2D eigenvalue weighted by molar-refractivity contribution is 5.88. The fourth-order valence-corrected chi connectivity index (χ4v) is 2.72. The number of ether oxygens (including phenoxy) is 1. The summed E-state index contributed by atoms with van der Waals surface area (Å²) < 4.78 is 5.01. The van der Waals surface area contributed by atoms with E-state index in [1.54, 1.807) is 18.2 Å². The molecule has 2 fully saturated rings. The molecule has 148 valence electrons. The van der Waals surface area contributed by atoms with Gasteiger partial charge in [0.2, 0.25) is 0 Å². The predicted octanol–water partition coefficient (Wildman–Crippen LogP) is 4.06. The highest BCUT2D eigenvalue weighted by Crippen LogP contribution is 2.17. The molecule has 6 nitrogen and oxygen atoms in total. The maximum Gasteiger partial charge on any atom is 0.134 e. The average molecular weight is 372 g/mol. The minimum absolute atomic E-state index is 0.405. The van der Waals surface area contributed by atoms with Crippen LogP contribution in [-0.4, -0.2) is 36.3 Å². The first-order chi connectivity index (χ1) is 13.3. The minimum atomic E-state index is 0.405. The zero-order valence-electron chi connectivity index (χ0n) is 16.7. The van der Waals surface area contributed by atoms with Crippen LogP contribution in [0.3, 0.4) is 0 Å². The molecular formula is C21H33N5O. The number of nitrogens with two attached hydrogens (primary N) is 1. The van der Waals surface area contributed by atoms with Gasteiger partial charge < -0.3 is 15.8 Å². The van der Waals surface area contributed by atoms with Crippen LogP contribution < -0.4 is 11.1 Å². The van der Waals surface area contributed by atoms with Gasteiger partial charge in [0.15, 0.2) is 0 Å². The maximum absolute atomic E-state index is 8.66. The number of anilines is 1. The van der Waals surface area contributed by atoms with Gasteiger partial charge in [0, 0.05) is 18.5 Å². The Balaban J connectivity index is 0.000000218. The van der Waals surface area contributed by atoms with Crippen molar-refractivity contribution in [2.75, 3.05) is 32.0 Å². The molecule has 1 saturated carbocycles. The Morgan fingerprint density at radius 1 is 1.00 bits per heavy atom. The lowest BCUT2D eigenvalue weighted by molar-refractivity contribution is 0.109. The summed E-state index contributed by atoms with van der Waals surface area (Å²) in [6.45, 7) is 7.83. The Hall–Kier alpha value is -2.23. The van der Waals surface area contributed by atoms with Crippen molar-refractivity contribution in [1.82, 2.24) is 15.3 Å². The number of rotatable bonds is 0. The summed E-state index contributed by atoms with van der Waals surface area (Å²) in [5.41, 5.74) is 6.94. The van der Waals surface area contributed by atoms with E-state index in [0.29, 0.717) is 11.4 Å². The van der Waals surface area contributed by atoms with Crippen molar-refractivity contribution in [3.8, 4) is 6.07 Å². The Kier molecular flexibility index (Phi) is 12.6. The van der Waals surface area contributed by atoms with Gasteiger partial charge >= 0.3 is 0 Å². The molecule has 0 radical (unpaired) electrons. The standard InChI is InChI=1S/C9H6N4.C6H12.C4H9NO.C2H6/c10-4-6-1-2-8-7(3-6)9(11)13-5-12-8;1-2-4-6-5-3-1;1-3-6-4-2-5-1;1-2/h1-3,5H,(H2,11,12,13);1-6H2;5H,1-4H2;1-2H3. The third kappa shape index (κ3) is 9.32. The second-order valence-electron chi connectivity index (χ2n) is 6.09. The van der Waals surface area contributed by atoms with Crippen LogP contribution in [0.15, 0.2) is 24.5 Å². The van der Waals surface area contributed by atoms with Crippen LogP contribution in [0.4, 0.5) is 5.82 Å². The van der Waals surface area contributed by atoms with Crippen LogP contribution in [0.2, 0.25) is 0 Å². The summed E-state index contributed by atoms with van der Waals surface area (Å²) in [7, 11) is 0. The number of fused-ring (bicyclic) bond motifs is 1. The topological polar surface area (TPSA) is 96.8 Å². The van der Waals surface area contributed by atoms with Crippen LogP contribution in [-0.2, 0) is 4.74 Å². The summed E-state index contributed by atoms with van der Waals surface area (Å²) >= 11 is 0. The number of hydrogen-bond donors (Lipinski definition) is 2. The van der Waals surface area contributed by atoms with Crippen LogP contribution in [0.25, 0.3) is 10.9 Å². The van der Waals surface area contributed by atoms with Crippen molar-refractivity contribution in [2.45, 2.75) is 52.4 Å². The van der Waals surface area contributed by atoms with E-state index in [1.165, 1.54) is 44.9 Å². The molecule has 1 aliphatic carbocycles. The zero-order valence-corrected chi connectivity index (χ0v) is 16.7. The number of hydrogen-bond acceptors (Lipinski definition) is 6. The number of benzene rings is 1. The SMILES string of the molecule is C1CCCCC1.C1COCCN1.CC.N#Cc1ccc2ncnc(N)c2c1. The van der Waals surface area contributed by atoms with Crippen LogP contribution in [0.1, 0.15) is 57.9 Å². The second-order valence-corrected chi connectivity index (χ2v) is 6.09. The van der Waals surface area contributed by atoms with Gasteiger partial charge in [-0.25, -0.2) is 9.97 Å². The fourth-order valence-electron chi connectivity index (χ4n) is 2.72. The third-order valence-corrected chi connectivity index (χ3v) is 4.14. The second kappa shape index (κ2) is 14.9. The Morgan fingerprint density at radius 3 is 2.04 bits per heavy atom. The van der Waals surface area contributed by atoms with E-state index < -0.39 is 0 Å². The summed E-state index contributed by atoms with van der Waals surface area (Å²) in [6, 6.07) is 7.18. The fraction of sp³-hybridized carbons (Fsp3) is 0.571. The van der Waals surface area contributed by atoms with Crippen molar-refractivity contribution in [3.63, 3.8) is 0 Å². The molecule has 2 heterocycles. The molecule has 0 amide bonds. The Bertz CT molecular complexity index is 641. The summed E-state index contributed by atoms with van der Waals surface area (Å²) in [4.78, 5) is 7.86. The molecule has 1 saturated heterocycles. The number of nitriles is 1.